The molecule has 0 atom stereocenters. The van der Waals surface area contributed by atoms with Crippen LogP contribution in [0.15, 0.2) is 0 Å². The van der Waals surface area contributed by atoms with Gasteiger partial charge in [-0.1, -0.05) is 13.8 Å². The Labute approximate surface area is 140 Å². The summed E-state index contributed by atoms with van der Waals surface area (Å²) in [5.41, 5.74) is 5.06. The van der Waals surface area contributed by atoms with E-state index in [4.69, 9.17) is 15.2 Å². The van der Waals surface area contributed by atoms with Crippen molar-refractivity contribution >= 4 is 23.7 Å². The summed E-state index contributed by atoms with van der Waals surface area (Å²) < 4.78 is 10.1. The van der Waals surface area contributed by atoms with E-state index in [1.54, 1.807) is 13.8 Å². The van der Waals surface area contributed by atoms with Gasteiger partial charge in [-0.25, -0.2) is 0 Å². The fraction of sp³-hybridized carbons (Fsp3) is 0.714. The summed E-state index contributed by atoms with van der Waals surface area (Å²) in [6, 6.07) is 0. The summed E-state index contributed by atoms with van der Waals surface area (Å²) in [6.07, 6.45) is 0. The summed E-state index contributed by atoms with van der Waals surface area (Å²) >= 11 is 0. The molecule has 3 amide bonds. The van der Waals surface area contributed by atoms with Gasteiger partial charge >= 0.3 is 5.97 Å². The lowest BCUT2D eigenvalue weighted by Gasteiger charge is -2.09. The minimum Gasteiger partial charge on any atom is -0.463 e. The van der Waals surface area contributed by atoms with Crippen molar-refractivity contribution in [3.05, 3.63) is 0 Å². The molecule has 0 aliphatic heterocycles. The van der Waals surface area contributed by atoms with E-state index in [2.05, 4.69) is 16.0 Å². The van der Waals surface area contributed by atoms with Crippen LogP contribution in [0.5, 0.6) is 0 Å². The van der Waals surface area contributed by atoms with Crippen molar-refractivity contribution in [1.82, 2.24) is 16.0 Å². The van der Waals surface area contributed by atoms with E-state index in [1.165, 1.54) is 0 Å². The average Bonchev–Trinajstić information content (AvgIpc) is 2.56. The van der Waals surface area contributed by atoms with Crippen LogP contribution < -0.4 is 21.7 Å². The largest absolute Gasteiger partial charge is 0.463 e. The van der Waals surface area contributed by atoms with E-state index in [0.717, 1.165) is 0 Å². The quantitative estimate of drug-likeness (QED) is 0.226. The third-order valence-corrected chi connectivity index (χ3v) is 2.59. The maximum Gasteiger partial charge on any atom is 0.308 e. The van der Waals surface area contributed by atoms with Gasteiger partial charge in [-0.05, 0) is 0 Å². The first-order valence-electron chi connectivity index (χ1n) is 7.61. The highest BCUT2D eigenvalue weighted by Gasteiger charge is 2.08. The molecule has 0 bridgehead atoms. The number of esters is 1. The van der Waals surface area contributed by atoms with Crippen LogP contribution in [0.4, 0.5) is 0 Å². The SMILES string of the molecule is CC(C)C(=O)OCCOCCNC(=O)CNC(=O)CNC(=O)CN. The minimum atomic E-state index is -0.491. The number of rotatable bonds is 12. The van der Waals surface area contributed by atoms with Gasteiger partial charge in [-0.15, -0.1) is 0 Å². The van der Waals surface area contributed by atoms with Crippen LogP contribution in [0.3, 0.4) is 0 Å². The highest BCUT2D eigenvalue weighted by Crippen LogP contribution is 1.94. The van der Waals surface area contributed by atoms with Crippen molar-refractivity contribution in [2.24, 2.45) is 11.7 Å². The van der Waals surface area contributed by atoms with Gasteiger partial charge in [-0.2, -0.15) is 0 Å². The lowest BCUT2D eigenvalue weighted by Crippen LogP contribution is -2.43. The number of nitrogens with one attached hydrogen (secondary N) is 3. The third kappa shape index (κ3) is 12.4. The van der Waals surface area contributed by atoms with Crippen molar-refractivity contribution in [3.8, 4) is 0 Å². The van der Waals surface area contributed by atoms with Gasteiger partial charge < -0.3 is 31.2 Å². The normalized spacial score (nSPS) is 10.2. The first kappa shape index (κ1) is 21.8. The molecule has 0 fully saturated rings. The number of ether oxygens (including phenoxy) is 2. The standard InChI is InChI=1S/C14H26N4O6/c1-10(2)14(22)24-6-5-23-4-3-16-12(20)8-18-13(21)9-17-11(19)7-15/h10H,3-9,15H2,1-2H3,(H,16,20)(H,17,19)(H,18,21). The predicted molar refractivity (Wildman–Crippen MR) is 84.7 cm³/mol. The Hall–Kier alpha value is -2.20. The van der Waals surface area contributed by atoms with Crippen LogP contribution in [0.25, 0.3) is 0 Å². The van der Waals surface area contributed by atoms with Gasteiger partial charge in [0, 0.05) is 6.54 Å². The first-order valence-corrected chi connectivity index (χ1v) is 7.61. The molecule has 0 rings (SSSR count). The number of carbonyl (C=O) groups excluding carboxylic acids is 4. The zero-order valence-electron chi connectivity index (χ0n) is 14.1. The van der Waals surface area contributed by atoms with Crippen LogP contribution in [0.1, 0.15) is 13.8 Å². The Bertz CT molecular complexity index is 427. The minimum absolute atomic E-state index is 0.162. The fourth-order valence-corrected chi connectivity index (χ4v) is 1.29. The van der Waals surface area contributed by atoms with Crippen molar-refractivity contribution in [2.45, 2.75) is 13.8 Å². The molecule has 0 heterocycles. The maximum atomic E-state index is 11.4. The number of amides is 3. The van der Waals surface area contributed by atoms with Crippen LogP contribution in [0, 0.1) is 5.92 Å². The van der Waals surface area contributed by atoms with Gasteiger partial charge in [0.05, 0.1) is 38.8 Å². The molecule has 0 aromatic carbocycles. The second-order valence-corrected chi connectivity index (χ2v) is 5.04. The highest BCUT2D eigenvalue weighted by atomic mass is 16.6. The van der Waals surface area contributed by atoms with Gasteiger partial charge in [-0.3, -0.25) is 19.2 Å². The predicted octanol–water partition coefficient (Wildman–Crippen LogP) is -2.49. The summed E-state index contributed by atoms with van der Waals surface area (Å²) in [5.74, 6) is -1.79. The molecule has 0 spiro atoms. The molecule has 24 heavy (non-hydrogen) atoms. The molecule has 0 saturated heterocycles. The fourth-order valence-electron chi connectivity index (χ4n) is 1.29. The van der Waals surface area contributed by atoms with Crippen molar-refractivity contribution in [2.75, 3.05) is 46.0 Å². The van der Waals surface area contributed by atoms with Crippen LogP contribution in [0.2, 0.25) is 0 Å². The van der Waals surface area contributed by atoms with Crippen molar-refractivity contribution in [3.63, 3.8) is 0 Å². The summed E-state index contributed by atoms with van der Waals surface area (Å²) in [6.45, 7) is 3.76. The summed E-state index contributed by atoms with van der Waals surface area (Å²) in [4.78, 5) is 44.7. The molecule has 0 aromatic heterocycles. The molecule has 0 radical (unpaired) electrons. The Morgan fingerprint density at radius 1 is 0.875 bits per heavy atom. The molecule has 0 unspecified atom stereocenters. The number of nitrogens with two attached hydrogens (primary N) is 1. The Morgan fingerprint density at radius 2 is 1.46 bits per heavy atom. The number of hydrogen-bond acceptors (Lipinski definition) is 7. The molecule has 0 aromatic rings. The van der Waals surface area contributed by atoms with E-state index in [0.29, 0.717) is 0 Å². The van der Waals surface area contributed by atoms with Gasteiger partial charge in [0.25, 0.3) is 0 Å². The molecule has 0 saturated carbocycles. The first-order chi connectivity index (χ1) is 11.4. The zero-order chi connectivity index (χ0) is 18.4. The summed E-state index contributed by atoms with van der Waals surface area (Å²) in [7, 11) is 0. The molecular formula is C14H26N4O6. The third-order valence-electron chi connectivity index (χ3n) is 2.59. The van der Waals surface area contributed by atoms with E-state index >= 15 is 0 Å². The number of carbonyl (C=O) groups is 4. The maximum absolute atomic E-state index is 11.4. The van der Waals surface area contributed by atoms with Crippen LogP contribution in [-0.2, 0) is 28.7 Å². The molecule has 0 aliphatic rings. The van der Waals surface area contributed by atoms with Crippen LogP contribution in [-0.4, -0.2) is 69.7 Å². The van der Waals surface area contributed by atoms with Crippen molar-refractivity contribution in [1.29, 1.82) is 0 Å². The molecule has 0 aliphatic carbocycles. The van der Waals surface area contributed by atoms with E-state index in [1.807, 2.05) is 0 Å². The summed E-state index contributed by atoms with van der Waals surface area (Å²) in [5, 5.41) is 7.16. The van der Waals surface area contributed by atoms with Gasteiger partial charge in [0.2, 0.25) is 17.7 Å². The highest BCUT2D eigenvalue weighted by molar-refractivity contribution is 5.88. The molecule has 10 nitrogen and oxygen atoms in total. The van der Waals surface area contributed by atoms with E-state index in [-0.39, 0.29) is 63.8 Å². The van der Waals surface area contributed by atoms with Crippen molar-refractivity contribution < 1.29 is 28.7 Å². The average molecular weight is 346 g/mol. The second kappa shape index (κ2) is 13.3. The molecular weight excluding hydrogens is 320 g/mol. The molecule has 5 N–H and O–H groups in total. The van der Waals surface area contributed by atoms with E-state index in [9.17, 15) is 19.2 Å². The topological polar surface area (TPSA) is 149 Å². The Kier molecular flexibility index (Phi) is 12.0. The monoisotopic (exact) mass is 346 g/mol. The Balaban J connectivity index is 3.51. The molecule has 138 valence electrons. The van der Waals surface area contributed by atoms with Gasteiger partial charge in [0.15, 0.2) is 0 Å². The van der Waals surface area contributed by atoms with E-state index < -0.39 is 11.8 Å². The van der Waals surface area contributed by atoms with Gasteiger partial charge in [0.1, 0.15) is 6.61 Å². The Morgan fingerprint density at radius 3 is 2.04 bits per heavy atom. The number of hydrogen-bond donors (Lipinski definition) is 4. The second-order valence-electron chi connectivity index (χ2n) is 5.04. The van der Waals surface area contributed by atoms with Crippen LogP contribution >= 0.6 is 0 Å². The zero-order valence-corrected chi connectivity index (χ0v) is 14.1. The lowest BCUT2D eigenvalue weighted by molar-refractivity contribution is -0.148. The molecule has 10 heteroatoms. The smallest absolute Gasteiger partial charge is 0.308 e. The lowest BCUT2D eigenvalue weighted by atomic mass is 10.2.